The molecule has 2 aromatic carbocycles. The predicted octanol–water partition coefficient (Wildman–Crippen LogP) is 2.40. The fraction of sp³-hybridized carbons (Fsp3) is 0.316. The zero-order chi connectivity index (χ0) is 19.2. The molecule has 140 valence electrons. The molecule has 0 amide bonds. The third kappa shape index (κ3) is 5.39. The zero-order valence-electron chi connectivity index (χ0n) is 15.2. The van der Waals surface area contributed by atoms with Gasteiger partial charge in [0.1, 0.15) is 0 Å². The first-order chi connectivity index (χ1) is 12.3. The van der Waals surface area contributed by atoms with Crippen molar-refractivity contribution in [2.24, 2.45) is 0 Å². The molecule has 0 saturated carbocycles. The van der Waals surface area contributed by atoms with Crippen molar-refractivity contribution in [3.63, 3.8) is 0 Å². The van der Waals surface area contributed by atoms with Crippen molar-refractivity contribution >= 4 is 16.0 Å². The lowest BCUT2D eigenvalue weighted by Crippen LogP contribution is -2.24. The summed E-state index contributed by atoms with van der Waals surface area (Å²) >= 11 is 0. The SMILES string of the molecule is CCOC(=O)c1ccc(S(=O)(=O)NCc2ccccc2CN(C)C)cc1. The van der Waals surface area contributed by atoms with Gasteiger partial charge in [-0.2, -0.15) is 0 Å². The Morgan fingerprint density at radius 3 is 2.23 bits per heavy atom. The summed E-state index contributed by atoms with van der Waals surface area (Å²) in [5.74, 6) is -0.470. The van der Waals surface area contributed by atoms with E-state index in [1.807, 2.05) is 43.3 Å². The average molecular weight is 376 g/mol. The van der Waals surface area contributed by atoms with Crippen molar-refractivity contribution in [1.29, 1.82) is 0 Å². The molecule has 0 aliphatic heterocycles. The molecule has 0 aliphatic carbocycles. The molecule has 0 radical (unpaired) electrons. The average Bonchev–Trinajstić information content (AvgIpc) is 2.61. The Morgan fingerprint density at radius 2 is 1.65 bits per heavy atom. The summed E-state index contributed by atoms with van der Waals surface area (Å²) in [5.41, 5.74) is 2.31. The number of hydrogen-bond donors (Lipinski definition) is 1. The van der Waals surface area contributed by atoms with Crippen LogP contribution in [-0.4, -0.2) is 40.0 Å². The Kier molecular flexibility index (Phi) is 6.90. The minimum Gasteiger partial charge on any atom is -0.462 e. The van der Waals surface area contributed by atoms with Gasteiger partial charge in [-0.3, -0.25) is 0 Å². The first kappa shape index (κ1) is 20.1. The van der Waals surface area contributed by atoms with Crippen LogP contribution in [0.1, 0.15) is 28.4 Å². The van der Waals surface area contributed by atoms with Crippen molar-refractivity contribution < 1.29 is 17.9 Å². The maximum Gasteiger partial charge on any atom is 0.338 e. The molecule has 0 spiro atoms. The predicted molar refractivity (Wildman–Crippen MR) is 100 cm³/mol. The van der Waals surface area contributed by atoms with E-state index in [9.17, 15) is 13.2 Å². The molecule has 0 atom stereocenters. The standard InChI is InChI=1S/C19H24N2O4S/c1-4-25-19(22)15-9-11-18(12-10-15)26(23,24)20-13-16-7-5-6-8-17(16)14-21(2)3/h5-12,20H,4,13-14H2,1-3H3. The number of carbonyl (C=O) groups is 1. The first-order valence-corrected chi connectivity index (χ1v) is 9.80. The largest absolute Gasteiger partial charge is 0.462 e. The van der Waals surface area contributed by atoms with Crippen LogP contribution >= 0.6 is 0 Å². The molecule has 0 aliphatic rings. The Balaban J connectivity index is 2.11. The van der Waals surface area contributed by atoms with E-state index in [0.29, 0.717) is 5.56 Å². The Morgan fingerprint density at radius 1 is 1.04 bits per heavy atom. The van der Waals surface area contributed by atoms with E-state index in [-0.39, 0.29) is 18.0 Å². The lowest BCUT2D eigenvalue weighted by Gasteiger charge is -2.15. The normalized spacial score (nSPS) is 11.5. The molecule has 2 aromatic rings. The molecular formula is C19H24N2O4S. The summed E-state index contributed by atoms with van der Waals surface area (Å²) in [4.78, 5) is 13.8. The monoisotopic (exact) mass is 376 g/mol. The van der Waals surface area contributed by atoms with Crippen LogP contribution in [0.2, 0.25) is 0 Å². The minimum absolute atomic E-state index is 0.107. The van der Waals surface area contributed by atoms with Crippen molar-refractivity contribution in [2.75, 3.05) is 20.7 Å². The molecule has 0 aromatic heterocycles. The van der Waals surface area contributed by atoms with Crippen molar-refractivity contribution in [1.82, 2.24) is 9.62 Å². The number of nitrogens with one attached hydrogen (secondary N) is 1. The summed E-state index contributed by atoms with van der Waals surface area (Å²) in [5, 5.41) is 0. The topological polar surface area (TPSA) is 75.7 Å². The number of benzene rings is 2. The highest BCUT2D eigenvalue weighted by Gasteiger charge is 2.16. The molecule has 0 heterocycles. The number of nitrogens with zero attached hydrogens (tertiary/aromatic N) is 1. The van der Waals surface area contributed by atoms with Gasteiger partial charge in [0, 0.05) is 13.1 Å². The Hall–Kier alpha value is -2.22. The van der Waals surface area contributed by atoms with Crippen LogP contribution in [0, 0.1) is 0 Å². The van der Waals surface area contributed by atoms with Crippen LogP contribution in [0.25, 0.3) is 0 Å². The second-order valence-corrected chi connectivity index (χ2v) is 7.84. The van der Waals surface area contributed by atoms with Crippen molar-refractivity contribution in [2.45, 2.75) is 24.9 Å². The lowest BCUT2D eigenvalue weighted by molar-refractivity contribution is 0.0526. The van der Waals surface area contributed by atoms with Crippen LogP contribution in [0.15, 0.2) is 53.4 Å². The van der Waals surface area contributed by atoms with Gasteiger partial charge < -0.3 is 9.64 Å². The van der Waals surface area contributed by atoms with Gasteiger partial charge in [0.15, 0.2) is 0 Å². The minimum atomic E-state index is -3.67. The highest BCUT2D eigenvalue weighted by molar-refractivity contribution is 7.89. The lowest BCUT2D eigenvalue weighted by atomic mass is 10.1. The quantitative estimate of drug-likeness (QED) is 0.716. The first-order valence-electron chi connectivity index (χ1n) is 8.32. The maximum atomic E-state index is 12.5. The van der Waals surface area contributed by atoms with Gasteiger partial charge in [-0.25, -0.2) is 17.9 Å². The third-order valence-electron chi connectivity index (χ3n) is 3.73. The van der Waals surface area contributed by atoms with Gasteiger partial charge in [0.25, 0.3) is 0 Å². The van der Waals surface area contributed by atoms with Gasteiger partial charge in [0.05, 0.1) is 17.1 Å². The van der Waals surface area contributed by atoms with Crippen LogP contribution in [-0.2, 0) is 27.8 Å². The van der Waals surface area contributed by atoms with Gasteiger partial charge in [-0.05, 0) is 56.4 Å². The van der Waals surface area contributed by atoms with Crippen LogP contribution in [0.3, 0.4) is 0 Å². The van der Waals surface area contributed by atoms with E-state index < -0.39 is 16.0 Å². The highest BCUT2D eigenvalue weighted by atomic mass is 32.2. The molecule has 1 N–H and O–H groups in total. The number of ether oxygens (including phenoxy) is 1. The van der Waals surface area contributed by atoms with Crippen molar-refractivity contribution in [3.05, 3.63) is 65.2 Å². The van der Waals surface area contributed by atoms with Crippen LogP contribution in [0.5, 0.6) is 0 Å². The maximum absolute atomic E-state index is 12.5. The van der Waals surface area contributed by atoms with E-state index in [2.05, 4.69) is 4.72 Å². The fourth-order valence-corrected chi connectivity index (χ4v) is 3.47. The number of rotatable bonds is 8. The summed E-state index contributed by atoms with van der Waals surface area (Å²) in [6.45, 7) is 2.92. The molecule has 0 bridgehead atoms. The number of esters is 1. The van der Waals surface area contributed by atoms with E-state index >= 15 is 0 Å². The second-order valence-electron chi connectivity index (χ2n) is 6.08. The number of sulfonamides is 1. The van der Waals surface area contributed by atoms with Gasteiger partial charge in [-0.1, -0.05) is 24.3 Å². The summed E-state index contributed by atoms with van der Waals surface area (Å²) < 4.78 is 32.5. The van der Waals surface area contributed by atoms with E-state index in [0.717, 1.165) is 17.7 Å². The summed E-state index contributed by atoms with van der Waals surface area (Å²) in [6.07, 6.45) is 0. The molecule has 26 heavy (non-hydrogen) atoms. The summed E-state index contributed by atoms with van der Waals surface area (Å²) in [7, 11) is 0.255. The zero-order valence-corrected chi connectivity index (χ0v) is 16.0. The van der Waals surface area contributed by atoms with Gasteiger partial charge in [0.2, 0.25) is 10.0 Å². The smallest absolute Gasteiger partial charge is 0.338 e. The Bertz CT molecular complexity index is 846. The van der Waals surface area contributed by atoms with E-state index in [4.69, 9.17) is 4.74 Å². The number of hydrogen-bond acceptors (Lipinski definition) is 5. The molecule has 0 saturated heterocycles. The Labute approximate surface area is 154 Å². The second kappa shape index (κ2) is 8.93. The molecule has 7 heteroatoms. The summed E-state index contributed by atoms with van der Waals surface area (Å²) in [6, 6.07) is 13.4. The van der Waals surface area contributed by atoms with E-state index in [1.54, 1.807) is 6.92 Å². The molecule has 2 rings (SSSR count). The molecule has 0 fully saturated rings. The highest BCUT2D eigenvalue weighted by Crippen LogP contribution is 2.14. The molecule has 6 nitrogen and oxygen atoms in total. The van der Waals surface area contributed by atoms with E-state index in [1.165, 1.54) is 24.3 Å². The molecule has 0 unspecified atom stereocenters. The van der Waals surface area contributed by atoms with Gasteiger partial charge in [-0.15, -0.1) is 0 Å². The fourth-order valence-electron chi connectivity index (χ4n) is 2.47. The van der Waals surface area contributed by atoms with Crippen molar-refractivity contribution in [3.8, 4) is 0 Å². The third-order valence-corrected chi connectivity index (χ3v) is 5.15. The number of carbonyl (C=O) groups excluding carboxylic acids is 1. The van der Waals surface area contributed by atoms with Crippen LogP contribution < -0.4 is 4.72 Å². The molecular weight excluding hydrogens is 352 g/mol. The van der Waals surface area contributed by atoms with Gasteiger partial charge >= 0.3 is 5.97 Å². The van der Waals surface area contributed by atoms with Crippen LogP contribution in [0.4, 0.5) is 0 Å².